The summed E-state index contributed by atoms with van der Waals surface area (Å²) in [6.45, 7) is 8.16. The van der Waals surface area contributed by atoms with E-state index in [4.69, 9.17) is 11.6 Å². The molecule has 1 aliphatic rings. The van der Waals surface area contributed by atoms with Crippen molar-refractivity contribution < 1.29 is 0 Å². The molecular weight excluding hydrogens is 324 g/mol. The molecule has 0 atom stereocenters. The van der Waals surface area contributed by atoms with Gasteiger partial charge in [0.15, 0.2) is 0 Å². The molecule has 19 heavy (non-hydrogen) atoms. The van der Waals surface area contributed by atoms with Crippen LogP contribution in [0.1, 0.15) is 26.7 Å². The summed E-state index contributed by atoms with van der Waals surface area (Å²) in [4.78, 5) is 2.57. The average Bonchev–Trinajstić information content (AvgIpc) is 2.35. The summed E-state index contributed by atoms with van der Waals surface area (Å²) in [6, 6.07) is 6.45. The summed E-state index contributed by atoms with van der Waals surface area (Å²) in [5, 5.41) is 4.39. The van der Waals surface area contributed by atoms with Gasteiger partial charge in [0, 0.05) is 35.2 Å². The summed E-state index contributed by atoms with van der Waals surface area (Å²) in [5.74, 6) is 0.756. The van der Waals surface area contributed by atoms with Gasteiger partial charge < -0.3 is 10.2 Å². The molecule has 0 saturated carbocycles. The number of benzene rings is 1. The highest BCUT2D eigenvalue weighted by Crippen LogP contribution is 2.28. The van der Waals surface area contributed by atoms with Gasteiger partial charge in [-0.15, -0.1) is 0 Å². The molecule has 0 bridgehead atoms. The van der Waals surface area contributed by atoms with E-state index >= 15 is 0 Å². The minimum absolute atomic E-state index is 0.554. The van der Waals surface area contributed by atoms with Crippen LogP contribution in [-0.2, 0) is 0 Å². The Morgan fingerprint density at radius 3 is 2.68 bits per heavy atom. The van der Waals surface area contributed by atoms with Crippen LogP contribution in [0.15, 0.2) is 22.7 Å². The first kappa shape index (κ1) is 15.1. The highest BCUT2D eigenvalue weighted by molar-refractivity contribution is 9.10. The van der Waals surface area contributed by atoms with E-state index in [1.165, 1.54) is 32.5 Å². The van der Waals surface area contributed by atoms with E-state index in [0.717, 1.165) is 21.1 Å². The van der Waals surface area contributed by atoms with Gasteiger partial charge >= 0.3 is 0 Å². The summed E-state index contributed by atoms with van der Waals surface area (Å²) in [6.07, 6.45) is 2.40. The fourth-order valence-corrected chi connectivity index (χ4v) is 3.14. The van der Waals surface area contributed by atoms with Gasteiger partial charge in [0.1, 0.15) is 0 Å². The number of nitrogens with zero attached hydrogens (tertiary/aromatic N) is 1. The zero-order valence-corrected chi connectivity index (χ0v) is 14.0. The largest absolute Gasteiger partial charge is 0.381 e. The van der Waals surface area contributed by atoms with Gasteiger partial charge in [-0.3, -0.25) is 0 Å². The third-order valence-corrected chi connectivity index (χ3v) is 4.43. The van der Waals surface area contributed by atoms with E-state index in [0.29, 0.717) is 6.04 Å². The SMILES string of the molecule is CC(C)CN1CCC(Nc2cc(Cl)ccc2Br)CC1. The predicted octanol–water partition coefficient (Wildman–Crippen LogP) is 4.63. The van der Waals surface area contributed by atoms with Crippen LogP contribution in [0.4, 0.5) is 5.69 Å². The fraction of sp³-hybridized carbons (Fsp3) is 0.600. The number of piperidine rings is 1. The van der Waals surface area contributed by atoms with Gasteiger partial charge in [-0.25, -0.2) is 0 Å². The van der Waals surface area contributed by atoms with Gasteiger partial charge in [-0.05, 0) is 52.9 Å². The molecule has 0 aliphatic carbocycles. The molecule has 0 amide bonds. The summed E-state index contributed by atoms with van der Waals surface area (Å²) in [5.41, 5.74) is 1.11. The Kier molecular flexibility index (Phi) is 5.55. The first-order valence-electron chi connectivity index (χ1n) is 6.98. The Labute approximate surface area is 129 Å². The number of halogens is 2. The number of nitrogens with one attached hydrogen (secondary N) is 1. The van der Waals surface area contributed by atoms with Crippen molar-refractivity contribution >= 4 is 33.2 Å². The molecule has 0 aromatic heterocycles. The fourth-order valence-electron chi connectivity index (χ4n) is 2.60. The zero-order chi connectivity index (χ0) is 13.8. The summed E-state index contributed by atoms with van der Waals surface area (Å²) >= 11 is 9.62. The van der Waals surface area contributed by atoms with Crippen LogP contribution in [0.2, 0.25) is 5.02 Å². The molecule has 0 radical (unpaired) electrons. The lowest BCUT2D eigenvalue weighted by Crippen LogP contribution is -2.40. The van der Waals surface area contributed by atoms with Crippen molar-refractivity contribution in [2.75, 3.05) is 25.0 Å². The van der Waals surface area contributed by atoms with Crippen molar-refractivity contribution in [2.24, 2.45) is 5.92 Å². The Hall–Kier alpha value is -0.250. The summed E-state index contributed by atoms with van der Waals surface area (Å²) < 4.78 is 1.08. The third-order valence-electron chi connectivity index (χ3n) is 3.50. The van der Waals surface area contributed by atoms with Gasteiger partial charge in [-0.2, -0.15) is 0 Å². The van der Waals surface area contributed by atoms with Gasteiger partial charge in [0.25, 0.3) is 0 Å². The number of anilines is 1. The van der Waals surface area contributed by atoms with Crippen molar-refractivity contribution in [1.29, 1.82) is 0 Å². The lowest BCUT2D eigenvalue weighted by molar-refractivity contribution is 0.198. The molecule has 1 aliphatic heterocycles. The molecular formula is C15H22BrClN2. The zero-order valence-electron chi connectivity index (χ0n) is 11.6. The van der Waals surface area contributed by atoms with Crippen LogP contribution >= 0.6 is 27.5 Å². The van der Waals surface area contributed by atoms with Crippen LogP contribution in [0.5, 0.6) is 0 Å². The number of rotatable bonds is 4. The number of hydrogen-bond donors (Lipinski definition) is 1. The van der Waals surface area contributed by atoms with Crippen LogP contribution < -0.4 is 5.32 Å². The lowest BCUT2D eigenvalue weighted by atomic mass is 10.0. The summed E-state index contributed by atoms with van der Waals surface area (Å²) in [7, 11) is 0. The standard InChI is InChI=1S/C15H22BrClN2/c1-11(2)10-19-7-5-13(6-8-19)18-15-9-12(17)3-4-14(15)16/h3-4,9,11,13,18H,5-8,10H2,1-2H3. The van der Waals surface area contributed by atoms with Crippen molar-refractivity contribution in [3.05, 3.63) is 27.7 Å². The van der Waals surface area contributed by atoms with Crippen LogP contribution in [-0.4, -0.2) is 30.6 Å². The van der Waals surface area contributed by atoms with Crippen LogP contribution in [0.3, 0.4) is 0 Å². The molecule has 0 unspecified atom stereocenters. The molecule has 1 heterocycles. The van der Waals surface area contributed by atoms with Gasteiger partial charge in [-0.1, -0.05) is 25.4 Å². The maximum absolute atomic E-state index is 6.05. The Morgan fingerprint density at radius 1 is 1.37 bits per heavy atom. The number of likely N-dealkylation sites (tertiary alicyclic amines) is 1. The molecule has 1 aromatic rings. The quantitative estimate of drug-likeness (QED) is 0.855. The highest BCUT2D eigenvalue weighted by Gasteiger charge is 2.19. The smallest absolute Gasteiger partial charge is 0.0501 e. The molecule has 2 nitrogen and oxygen atoms in total. The average molecular weight is 346 g/mol. The molecule has 1 aromatic carbocycles. The molecule has 1 saturated heterocycles. The first-order valence-corrected chi connectivity index (χ1v) is 8.15. The second kappa shape index (κ2) is 6.96. The molecule has 106 valence electrons. The molecule has 1 fully saturated rings. The van der Waals surface area contributed by atoms with Crippen LogP contribution in [0.25, 0.3) is 0 Å². The monoisotopic (exact) mass is 344 g/mol. The Balaban J connectivity index is 1.87. The van der Waals surface area contributed by atoms with E-state index < -0.39 is 0 Å². The number of hydrogen-bond acceptors (Lipinski definition) is 2. The maximum Gasteiger partial charge on any atom is 0.0501 e. The van der Waals surface area contributed by atoms with E-state index in [2.05, 4.69) is 40.0 Å². The third kappa shape index (κ3) is 4.66. The first-order chi connectivity index (χ1) is 9.04. The maximum atomic E-state index is 6.05. The topological polar surface area (TPSA) is 15.3 Å². The molecule has 1 N–H and O–H groups in total. The highest BCUT2D eigenvalue weighted by atomic mass is 79.9. The second-order valence-corrected chi connectivity index (χ2v) is 7.03. The molecule has 2 rings (SSSR count). The van der Waals surface area contributed by atoms with E-state index in [1.807, 2.05) is 18.2 Å². The Morgan fingerprint density at radius 2 is 2.05 bits per heavy atom. The second-order valence-electron chi connectivity index (χ2n) is 5.74. The minimum Gasteiger partial charge on any atom is -0.381 e. The normalized spacial score (nSPS) is 17.9. The minimum atomic E-state index is 0.554. The lowest BCUT2D eigenvalue weighted by Gasteiger charge is -2.34. The van der Waals surface area contributed by atoms with E-state index in [9.17, 15) is 0 Å². The van der Waals surface area contributed by atoms with Crippen molar-refractivity contribution in [3.63, 3.8) is 0 Å². The van der Waals surface area contributed by atoms with E-state index in [1.54, 1.807) is 0 Å². The van der Waals surface area contributed by atoms with Crippen molar-refractivity contribution in [2.45, 2.75) is 32.7 Å². The molecule has 4 heteroatoms. The molecule has 0 spiro atoms. The van der Waals surface area contributed by atoms with Gasteiger partial charge in [0.05, 0.1) is 5.69 Å². The predicted molar refractivity (Wildman–Crippen MR) is 87.1 cm³/mol. The van der Waals surface area contributed by atoms with Crippen molar-refractivity contribution in [3.8, 4) is 0 Å². The van der Waals surface area contributed by atoms with Crippen molar-refractivity contribution in [1.82, 2.24) is 4.90 Å². The van der Waals surface area contributed by atoms with Gasteiger partial charge in [0.2, 0.25) is 0 Å². The Bertz CT molecular complexity index is 415. The van der Waals surface area contributed by atoms with E-state index in [-0.39, 0.29) is 0 Å². The van der Waals surface area contributed by atoms with Crippen LogP contribution in [0, 0.1) is 5.92 Å².